The van der Waals surface area contributed by atoms with Crippen molar-refractivity contribution < 1.29 is 4.79 Å². The zero-order valence-corrected chi connectivity index (χ0v) is 19.9. The molecule has 1 aliphatic heterocycles. The van der Waals surface area contributed by atoms with Crippen molar-refractivity contribution >= 4 is 40.3 Å². The molecule has 7 heteroatoms. The number of hydrogen-bond donors (Lipinski definition) is 3. The number of carbonyl (C=O) groups excluding carboxylic acids is 1. The lowest BCUT2D eigenvalue weighted by molar-refractivity contribution is 0.0942. The molecule has 0 unspecified atom stereocenters. The average molecular weight is 467 g/mol. The van der Waals surface area contributed by atoms with Gasteiger partial charge in [0.05, 0.1) is 28.2 Å². The highest BCUT2D eigenvalue weighted by molar-refractivity contribution is 6.00. The van der Waals surface area contributed by atoms with Crippen molar-refractivity contribution in [2.75, 3.05) is 25.0 Å². The summed E-state index contributed by atoms with van der Waals surface area (Å²) >= 11 is 0. The number of aromatic amines is 1. The Kier molecular flexibility index (Phi) is 6.86. The lowest BCUT2D eigenvalue weighted by atomic mass is 10.1. The first-order valence-corrected chi connectivity index (χ1v) is 12.2. The van der Waals surface area contributed by atoms with Gasteiger partial charge >= 0.3 is 0 Å². The molecular formula is C28H30N6O. The van der Waals surface area contributed by atoms with Crippen LogP contribution in [0.1, 0.15) is 41.5 Å². The molecule has 1 atom stereocenters. The number of para-hydroxylation sites is 1. The Labute approximate surface area is 205 Å². The van der Waals surface area contributed by atoms with E-state index in [0.717, 1.165) is 53.2 Å². The van der Waals surface area contributed by atoms with Crippen LogP contribution in [0, 0.1) is 0 Å². The number of nitrogens with one attached hydrogen (secondary N) is 3. The number of H-pyrrole nitrogens is 1. The van der Waals surface area contributed by atoms with E-state index < -0.39 is 0 Å². The molecule has 0 radical (unpaired) electrons. The Bertz CT molecular complexity index is 1330. The molecule has 5 rings (SSSR count). The van der Waals surface area contributed by atoms with E-state index in [9.17, 15) is 4.79 Å². The van der Waals surface area contributed by atoms with Crippen LogP contribution in [0.3, 0.4) is 0 Å². The van der Waals surface area contributed by atoms with Crippen molar-refractivity contribution in [1.29, 1.82) is 0 Å². The van der Waals surface area contributed by atoms with E-state index in [0.29, 0.717) is 18.2 Å². The quantitative estimate of drug-likeness (QED) is 0.337. The first kappa shape index (κ1) is 22.8. The van der Waals surface area contributed by atoms with Crippen LogP contribution < -0.4 is 10.6 Å². The second-order valence-corrected chi connectivity index (χ2v) is 8.76. The number of fused-ring (bicyclic) bond motifs is 1. The van der Waals surface area contributed by atoms with Crippen LogP contribution in [0.25, 0.3) is 23.1 Å². The highest BCUT2D eigenvalue weighted by atomic mass is 16.1. The zero-order valence-electron chi connectivity index (χ0n) is 19.9. The number of benzene rings is 2. The normalized spacial score (nSPS) is 16.2. The predicted octanol–water partition coefficient (Wildman–Crippen LogP) is 5.09. The van der Waals surface area contributed by atoms with Gasteiger partial charge in [-0.15, -0.1) is 0 Å². The maximum Gasteiger partial charge on any atom is 0.253 e. The summed E-state index contributed by atoms with van der Waals surface area (Å²) in [6.07, 6.45) is 8.01. The lowest BCUT2D eigenvalue weighted by Crippen LogP contribution is -2.40. The summed E-state index contributed by atoms with van der Waals surface area (Å²) in [5.41, 5.74) is 4.94. The minimum atomic E-state index is -0.0550. The van der Waals surface area contributed by atoms with Crippen LogP contribution >= 0.6 is 0 Å². The van der Waals surface area contributed by atoms with Gasteiger partial charge in [0.2, 0.25) is 0 Å². The smallest absolute Gasteiger partial charge is 0.253 e. The molecule has 1 saturated heterocycles. The van der Waals surface area contributed by atoms with Gasteiger partial charge in [0, 0.05) is 29.9 Å². The number of likely N-dealkylation sites (tertiary alicyclic amines) is 1. The Morgan fingerprint density at radius 1 is 1.14 bits per heavy atom. The molecule has 0 saturated carbocycles. The van der Waals surface area contributed by atoms with Gasteiger partial charge < -0.3 is 10.6 Å². The maximum atomic E-state index is 13.0. The third-order valence-electron chi connectivity index (χ3n) is 6.55. The van der Waals surface area contributed by atoms with Crippen molar-refractivity contribution in [3.8, 4) is 0 Å². The fraction of sp³-hybridized carbons (Fsp3) is 0.250. The summed E-state index contributed by atoms with van der Waals surface area (Å²) in [7, 11) is 0. The van der Waals surface area contributed by atoms with Gasteiger partial charge in [0.25, 0.3) is 5.91 Å². The van der Waals surface area contributed by atoms with Crippen LogP contribution in [0.15, 0.2) is 66.9 Å². The molecule has 35 heavy (non-hydrogen) atoms. The SMILES string of the molecule is CCN1CCC[C@H]1CNC(=O)c1ccccc1Nc1ccc2c(/C=C/c3ccccn3)n[nH]c2c1. The third-order valence-corrected chi connectivity index (χ3v) is 6.55. The van der Waals surface area contributed by atoms with Gasteiger partial charge in [-0.3, -0.25) is 19.8 Å². The monoisotopic (exact) mass is 466 g/mol. The molecule has 0 bridgehead atoms. The summed E-state index contributed by atoms with van der Waals surface area (Å²) in [6.45, 7) is 4.99. The highest BCUT2D eigenvalue weighted by Gasteiger charge is 2.23. The Hall–Kier alpha value is -3.97. The summed E-state index contributed by atoms with van der Waals surface area (Å²) in [4.78, 5) is 19.8. The van der Waals surface area contributed by atoms with E-state index in [1.54, 1.807) is 6.20 Å². The Balaban J connectivity index is 1.29. The van der Waals surface area contributed by atoms with Crippen LogP contribution in [0.5, 0.6) is 0 Å². The zero-order chi connectivity index (χ0) is 24.0. The van der Waals surface area contributed by atoms with Gasteiger partial charge in [0.1, 0.15) is 0 Å². The number of amides is 1. The van der Waals surface area contributed by atoms with Gasteiger partial charge in [-0.05, 0) is 80.5 Å². The molecule has 7 nitrogen and oxygen atoms in total. The highest BCUT2D eigenvalue weighted by Crippen LogP contribution is 2.26. The summed E-state index contributed by atoms with van der Waals surface area (Å²) < 4.78 is 0. The molecule has 0 spiro atoms. The molecule has 3 heterocycles. The lowest BCUT2D eigenvalue weighted by Gasteiger charge is -2.23. The maximum absolute atomic E-state index is 13.0. The summed E-state index contributed by atoms with van der Waals surface area (Å²) in [6, 6.07) is 19.9. The first-order chi connectivity index (χ1) is 17.2. The van der Waals surface area contributed by atoms with Gasteiger partial charge in [-0.25, -0.2) is 0 Å². The fourth-order valence-electron chi connectivity index (χ4n) is 4.68. The molecule has 1 fully saturated rings. The first-order valence-electron chi connectivity index (χ1n) is 12.2. The number of likely N-dealkylation sites (N-methyl/N-ethyl adjacent to an activating group) is 1. The molecule has 178 valence electrons. The summed E-state index contributed by atoms with van der Waals surface area (Å²) in [5, 5.41) is 15.1. The van der Waals surface area contributed by atoms with Gasteiger partial charge in [0.15, 0.2) is 0 Å². The van der Waals surface area contributed by atoms with E-state index in [4.69, 9.17) is 0 Å². The average Bonchev–Trinajstić information content (AvgIpc) is 3.53. The van der Waals surface area contributed by atoms with E-state index in [-0.39, 0.29) is 5.91 Å². The van der Waals surface area contributed by atoms with Gasteiger partial charge in [-0.1, -0.05) is 25.1 Å². The number of nitrogens with zero attached hydrogens (tertiary/aromatic N) is 3. The topological polar surface area (TPSA) is 85.9 Å². The predicted molar refractivity (Wildman–Crippen MR) is 142 cm³/mol. The van der Waals surface area contributed by atoms with Crippen molar-refractivity contribution in [2.24, 2.45) is 0 Å². The molecule has 3 N–H and O–H groups in total. The Morgan fingerprint density at radius 2 is 2.03 bits per heavy atom. The number of carbonyl (C=O) groups is 1. The number of hydrogen-bond acceptors (Lipinski definition) is 5. The van der Waals surface area contributed by atoms with Crippen LogP contribution in [-0.4, -0.2) is 51.7 Å². The van der Waals surface area contributed by atoms with E-state index in [1.165, 1.54) is 6.42 Å². The molecule has 0 aliphatic carbocycles. The number of pyridine rings is 1. The van der Waals surface area contributed by atoms with E-state index in [2.05, 4.69) is 37.6 Å². The molecular weight excluding hydrogens is 436 g/mol. The largest absolute Gasteiger partial charge is 0.355 e. The van der Waals surface area contributed by atoms with Crippen LogP contribution in [0.4, 0.5) is 11.4 Å². The standard InChI is InChI=1S/C28H30N6O/c1-2-34-17-7-9-22(34)19-30-28(35)24-10-3-4-11-25(24)31-21-12-14-23-26(32-33-27(23)18-21)15-13-20-8-5-6-16-29-20/h3-6,8,10-16,18,22,31H,2,7,9,17,19H2,1H3,(H,30,35)(H,32,33)/b15-13+/t22-/m0/s1. The van der Waals surface area contributed by atoms with Crippen molar-refractivity contribution in [3.05, 3.63) is 83.8 Å². The minimum Gasteiger partial charge on any atom is -0.355 e. The molecule has 4 aromatic rings. The third kappa shape index (κ3) is 5.25. The molecule has 1 aliphatic rings. The van der Waals surface area contributed by atoms with Crippen molar-refractivity contribution in [3.63, 3.8) is 0 Å². The van der Waals surface area contributed by atoms with Crippen LogP contribution in [0.2, 0.25) is 0 Å². The summed E-state index contributed by atoms with van der Waals surface area (Å²) in [5.74, 6) is -0.0550. The van der Waals surface area contributed by atoms with Crippen LogP contribution in [-0.2, 0) is 0 Å². The number of rotatable bonds is 8. The Morgan fingerprint density at radius 3 is 2.89 bits per heavy atom. The number of anilines is 2. The molecule has 2 aromatic carbocycles. The molecule has 2 aromatic heterocycles. The van der Waals surface area contributed by atoms with E-state index >= 15 is 0 Å². The van der Waals surface area contributed by atoms with Crippen molar-refractivity contribution in [2.45, 2.75) is 25.8 Å². The fourth-order valence-corrected chi connectivity index (χ4v) is 4.68. The van der Waals surface area contributed by atoms with E-state index in [1.807, 2.05) is 72.8 Å². The van der Waals surface area contributed by atoms with Crippen molar-refractivity contribution in [1.82, 2.24) is 25.4 Å². The number of aromatic nitrogens is 3. The second kappa shape index (κ2) is 10.5. The van der Waals surface area contributed by atoms with Gasteiger partial charge in [-0.2, -0.15) is 5.10 Å². The molecule has 1 amide bonds. The second-order valence-electron chi connectivity index (χ2n) is 8.76. The minimum absolute atomic E-state index is 0.0550.